The fourth-order valence-electron chi connectivity index (χ4n) is 9.31. The normalized spacial score (nSPS) is 12.6. The van der Waals surface area contributed by atoms with E-state index in [2.05, 4.69) is 226 Å². The van der Waals surface area contributed by atoms with Crippen LogP contribution in [0.1, 0.15) is 52.7 Å². The van der Waals surface area contributed by atoms with Crippen molar-refractivity contribution in [3.8, 4) is 33.6 Å². The Balaban J connectivity index is 1.05. The number of para-hydroxylation sites is 2. The Morgan fingerprint density at radius 2 is 0.644 bits per heavy atom. The van der Waals surface area contributed by atoms with Gasteiger partial charge in [-0.05, 0) is 141 Å². The molecule has 0 fully saturated rings. The van der Waals surface area contributed by atoms with Crippen LogP contribution in [0.15, 0.2) is 170 Å². The van der Waals surface area contributed by atoms with Gasteiger partial charge in [0, 0.05) is 54.7 Å². The smallest absolute Gasteiger partial charge is 0.0541 e. The predicted octanol–water partition coefficient (Wildman–Crippen LogP) is 15.4. The second kappa shape index (κ2) is 12.8. The molecule has 11 aromatic rings. The number of hydrogen-bond acceptors (Lipinski definition) is 0. The number of aromatic nitrogens is 3. The van der Waals surface area contributed by atoms with Crippen LogP contribution in [0.2, 0.25) is 0 Å². The molecule has 3 heteroatoms. The lowest BCUT2D eigenvalue weighted by Gasteiger charge is -2.19. The maximum absolute atomic E-state index is 3.72. The lowest BCUT2D eigenvalue weighted by Crippen LogP contribution is -2.10. The van der Waals surface area contributed by atoms with Crippen LogP contribution in [0.3, 0.4) is 0 Å². The first kappa shape index (κ1) is 35.3. The van der Waals surface area contributed by atoms with Crippen molar-refractivity contribution in [2.45, 2.75) is 52.4 Å². The van der Waals surface area contributed by atoms with Gasteiger partial charge in [0.05, 0.1) is 22.1 Å². The zero-order chi connectivity index (χ0) is 40.2. The lowest BCUT2D eigenvalue weighted by molar-refractivity contribution is 0.591. The predicted molar refractivity (Wildman–Crippen MR) is 253 cm³/mol. The molecule has 0 atom stereocenters. The van der Waals surface area contributed by atoms with Crippen LogP contribution in [0.5, 0.6) is 0 Å². The molecule has 8 aromatic carbocycles. The van der Waals surface area contributed by atoms with Crippen LogP contribution >= 0.6 is 0 Å². The zero-order valence-corrected chi connectivity index (χ0v) is 34.6. The monoisotopic (exact) mass is 761 g/mol. The Morgan fingerprint density at radius 3 is 1.02 bits per heavy atom. The highest BCUT2D eigenvalue weighted by Gasteiger charge is 2.21. The van der Waals surface area contributed by atoms with Gasteiger partial charge in [-0.2, -0.15) is 0 Å². The van der Waals surface area contributed by atoms with Gasteiger partial charge in [0.2, 0.25) is 0 Å². The molecule has 3 aromatic heterocycles. The molecule has 0 bridgehead atoms. The number of hydrogen-bond donors (Lipinski definition) is 1. The first-order chi connectivity index (χ1) is 28.5. The molecule has 0 spiro atoms. The van der Waals surface area contributed by atoms with E-state index in [9.17, 15) is 0 Å². The molecule has 3 nitrogen and oxygen atoms in total. The molecule has 59 heavy (non-hydrogen) atoms. The number of nitrogens with zero attached hydrogens (tertiary/aromatic N) is 2. The third kappa shape index (κ3) is 5.71. The molecule has 3 heterocycles. The Bertz CT molecular complexity index is 3200. The molecule has 0 amide bonds. The van der Waals surface area contributed by atoms with Gasteiger partial charge in [-0.1, -0.05) is 114 Å². The Morgan fingerprint density at radius 1 is 0.322 bits per heavy atom. The summed E-state index contributed by atoms with van der Waals surface area (Å²) < 4.78 is 4.82. The van der Waals surface area contributed by atoms with Crippen LogP contribution in [-0.2, 0) is 10.8 Å². The minimum Gasteiger partial charge on any atom is -0.355 e. The highest BCUT2D eigenvalue weighted by Crippen LogP contribution is 2.41. The highest BCUT2D eigenvalue weighted by atomic mass is 15.0. The van der Waals surface area contributed by atoms with E-state index in [1.165, 1.54) is 99.1 Å². The molecule has 0 saturated heterocycles. The molecule has 0 aliphatic carbocycles. The number of benzene rings is 8. The summed E-state index contributed by atoms with van der Waals surface area (Å²) in [6, 6.07) is 63.3. The summed E-state index contributed by atoms with van der Waals surface area (Å²) in [6.07, 6.45) is 0. The van der Waals surface area contributed by atoms with Crippen molar-refractivity contribution in [2.75, 3.05) is 0 Å². The van der Waals surface area contributed by atoms with Crippen molar-refractivity contribution >= 4 is 65.4 Å². The van der Waals surface area contributed by atoms with Crippen molar-refractivity contribution in [1.29, 1.82) is 0 Å². The van der Waals surface area contributed by atoms with E-state index >= 15 is 0 Å². The first-order valence-corrected chi connectivity index (χ1v) is 20.8. The summed E-state index contributed by atoms with van der Waals surface area (Å²) in [5, 5.41) is 7.58. The summed E-state index contributed by atoms with van der Waals surface area (Å²) in [5.41, 5.74) is 17.2. The van der Waals surface area contributed by atoms with Gasteiger partial charge in [-0.15, -0.1) is 0 Å². The molecule has 0 aliphatic rings. The largest absolute Gasteiger partial charge is 0.355 e. The third-order valence-electron chi connectivity index (χ3n) is 12.6. The highest BCUT2D eigenvalue weighted by molar-refractivity contribution is 6.14. The SMILES string of the molecule is CC(C)(C)c1ccc2c(c1)c1cc(-c3ccc4[nH]c5ccc(-c6ccc7c(c6)c6cc(C(C)(C)C)ccc6n7-c6ccccc6)cc5c4c3)ccc1n2-c1ccccc1. The average Bonchev–Trinajstić information content (AvgIpc) is 3.89. The maximum Gasteiger partial charge on any atom is 0.0541 e. The summed E-state index contributed by atoms with van der Waals surface area (Å²) in [6.45, 7) is 13.8. The van der Waals surface area contributed by atoms with Crippen LogP contribution < -0.4 is 0 Å². The lowest BCUT2D eigenvalue weighted by atomic mass is 9.86. The molecular weight excluding hydrogens is 715 g/mol. The van der Waals surface area contributed by atoms with Crippen LogP contribution in [0.25, 0.3) is 99.0 Å². The minimum atomic E-state index is 0.0504. The standard InChI is InChI=1S/C56H47N3/c1-55(2,3)39-21-27-53-47(33-39)45-31-37(19-25-51(45)58(53)41-13-9-7-10-14-41)35-17-23-49-43(29-35)44-30-36(18-24-50(44)57-49)38-20-26-52-46(32-38)48-34-40(56(4,5)6)22-28-54(48)59(52)42-15-11-8-12-16-42/h7-34,57H,1-6H3. The van der Waals surface area contributed by atoms with Crippen molar-refractivity contribution < 1.29 is 0 Å². The van der Waals surface area contributed by atoms with Crippen molar-refractivity contribution in [1.82, 2.24) is 14.1 Å². The molecular formula is C56H47N3. The van der Waals surface area contributed by atoms with E-state index in [1.807, 2.05) is 0 Å². The Hall–Kier alpha value is -6.84. The fraction of sp³-hybridized carbons (Fsp3) is 0.143. The van der Waals surface area contributed by atoms with Gasteiger partial charge in [0.15, 0.2) is 0 Å². The van der Waals surface area contributed by atoms with Gasteiger partial charge in [-0.3, -0.25) is 0 Å². The topological polar surface area (TPSA) is 25.6 Å². The summed E-state index contributed by atoms with van der Waals surface area (Å²) in [7, 11) is 0. The molecule has 0 unspecified atom stereocenters. The minimum absolute atomic E-state index is 0.0504. The summed E-state index contributed by atoms with van der Waals surface area (Å²) in [5.74, 6) is 0. The van der Waals surface area contributed by atoms with Crippen LogP contribution in [0, 0.1) is 0 Å². The second-order valence-electron chi connectivity index (χ2n) is 18.4. The molecule has 1 N–H and O–H groups in total. The average molecular weight is 762 g/mol. The molecule has 0 saturated carbocycles. The Kier molecular flexibility index (Phi) is 7.68. The van der Waals surface area contributed by atoms with E-state index in [-0.39, 0.29) is 10.8 Å². The summed E-state index contributed by atoms with van der Waals surface area (Å²) >= 11 is 0. The van der Waals surface area contributed by atoms with Crippen molar-refractivity contribution in [3.63, 3.8) is 0 Å². The maximum atomic E-state index is 3.72. The fourth-order valence-corrected chi connectivity index (χ4v) is 9.31. The van der Waals surface area contributed by atoms with Crippen molar-refractivity contribution in [3.05, 3.63) is 181 Å². The van der Waals surface area contributed by atoms with Gasteiger partial charge < -0.3 is 14.1 Å². The van der Waals surface area contributed by atoms with Gasteiger partial charge in [-0.25, -0.2) is 0 Å². The van der Waals surface area contributed by atoms with E-state index in [1.54, 1.807) is 0 Å². The van der Waals surface area contributed by atoms with Crippen molar-refractivity contribution in [2.24, 2.45) is 0 Å². The van der Waals surface area contributed by atoms with Gasteiger partial charge in [0.25, 0.3) is 0 Å². The van der Waals surface area contributed by atoms with E-state index in [0.29, 0.717) is 0 Å². The summed E-state index contributed by atoms with van der Waals surface area (Å²) in [4.78, 5) is 3.72. The number of nitrogens with one attached hydrogen (secondary N) is 1. The quantitative estimate of drug-likeness (QED) is 0.185. The van der Waals surface area contributed by atoms with Crippen LogP contribution in [0.4, 0.5) is 0 Å². The molecule has 0 aliphatic heterocycles. The van der Waals surface area contributed by atoms with Gasteiger partial charge in [0.1, 0.15) is 0 Å². The first-order valence-electron chi connectivity index (χ1n) is 20.8. The van der Waals surface area contributed by atoms with E-state index in [4.69, 9.17) is 0 Å². The Labute approximate surface area is 345 Å². The van der Waals surface area contributed by atoms with Crippen LogP contribution in [-0.4, -0.2) is 14.1 Å². The second-order valence-corrected chi connectivity index (χ2v) is 18.4. The van der Waals surface area contributed by atoms with Gasteiger partial charge >= 0.3 is 0 Å². The van der Waals surface area contributed by atoms with E-state index in [0.717, 1.165) is 11.0 Å². The molecule has 286 valence electrons. The number of rotatable bonds is 4. The third-order valence-corrected chi connectivity index (χ3v) is 12.6. The zero-order valence-electron chi connectivity index (χ0n) is 34.6. The number of H-pyrrole nitrogens is 1. The number of fused-ring (bicyclic) bond motifs is 9. The molecule has 0 radical (unpaired) electrons. The number of aromatic amines is 1. The molecule has 11 rings (SSSR count). The van der Waals surface area contributed by atoms with E-state index < -0.39 is 0 Å².